The Morgan fingerprint density at radius 3 is 2.75 bits per heavy atom. The summed E-state index contributed by atoms with van der Waals surface area (Å²) in [6.45, 7) is 4.69. The average molecular weight is 299 g/mol. The Kier molecular flexibility index (Phi) is 7.00. The monoisotopic (exact) mass is 299 g/mol. The summed E-state index contributed by atoms with van der Waals surface area (Å²) in [6.07, 6.45) is 2.97. The Bertz CT molecular complexity index is 423. The van der Waals surface area contributed by atoms with Gasteiger partial charge in [0.05, 0.1) is 10.9 Å². The molecule has 3 N–H and O–H groups in total. The first-order valence-corrected chi connectivity index (χ1v) is 7.52. The third kappa shape index (κ3) is 6.01. The van der Waals surface area contributed by atoms with Crippen LogP contribution < -0.4 is 10.6 Å². The van der Waals surface area contributed by atoms with Crippen LogP contribution in [-0.2, 0) is 4.79 Å². The highest BCUT2D eigenvalue weighted by molar-refractivity contribution is 7.09. The second kappa shape index (κ2) is 8.52. The first kappa shape index (κ1) is 16.4. The largest absolute Gasteiger partial charge is 0.481 e. The van der Waals surface area contributed by atoms with Crippen molar-refractivity contribution in [2.75, 3.05) is 13.1 Å². The van der Waals surface area contributed by atoms with Crippen molar-refractivity contribution < 1.29 is 14.7 Å². The van der Waals surface area contributed by atoms with Gasteiger partial charge in [-0.15, -0.1) is 11.3 Å². The van der Waals surface area contributed by atoms with Crippen molar-refractivity contribution in [3.05, 3.63) is 16.6 Å². The fourth-order valence-electron chi connectivity index (χ4n) is 1.61. The van der Waals surface area contributed by atoms with Crippen LogP contribution in [0.25, 0.3) is 0 Å². The zero-order valence-corrected chi connectivity index (χ0v) is 12.6. The van der Waals surface area contributed by atoms with E-state index >= 15 is 0 Å². The number of carbonyl (C=O) groups excluding carboxylic acids is 1. The number of carboxylic acids is 1. The molecule has 0 aliphatic rings. The molecule has 1 heterocycles. The summed E-state index contributed by atoms with van der Waals surface area (Å²) in [5.41, 5.74) is 0. The van der Waals surface area contributed by atoms with Crippen LogP contribution in [0.1, 0.15) is 37.6 Å². The van der Waals surface area contributed by atoms with Gasteiger partial charge in [0.2, 0.25) is 0 Å². The van der Waals surface area contributed by atoms with Gasteiger partial charge >= 0.3 is 12.0 Å². The minimum absolute atomic E-state index is 0.188. The fourth-order valence-corrected chi connectivity index (χ4v) is 2.31. The molecule has 2 unspecified atom stereocenters. The molecule has 7 heteroatoms. The summed E-state index contributed by atoms with van der Waals surface area (Å²) in [5.74, 6) is -0.982. The molecule has 6 nitrogen and oxygen atoms in total. The molecule has 0 aliphatic heterocycles. The average Bonchev–Trinajstić information content (AvgIpc) is 2.94. The van der Waals surface area contributed by atoms with E-state index in [-0.39, 0.29) is 17.9 Å². The molecule has 0 aromatic carbocycles. The van der Waals surface area contributed by atoms with Crippen LogP contribution in [-0.4, -0.2) is 35.2 Å². The van der Waals surface area contributed by atoms with E-state index in [9.17, 15) is 9.59 Å². The lowest BCUT2D eigenvalue weighted by Gasteiger charge is -2.11. The van der Waals surface area contributed by atoms with E-state index in [2.05, 4.69) is 15.6 Å². The molecule has 2 atom stereocenters. The van der Waals surface area contributed by atoms with E-state index < -0.39 is 5.97 Å². The molecule has 1 aromatic heterocycles. The van der Waals surface area contributed by atoms with Gasteiger partial charge in [0.1, 0.15) is 0 Å². The molecule has 1 aromatic rings. The first-order chi connectivity index (χ1) is 9.50. The maximum absolute atomic E-state index is 11.5. The van der Waals surface area contributed by atoms with Gasteiger partial charge in [-0.05, 0) is 12.8 Å². The molecule has 0 saturated heterocycles. The summed E-state index contributed by atoms with van der Waals surface area (Å²) in [4.78, 5) is 26.3. The smallest absolute Gasteiger partial charge is 0.314 e. The number of carbonyl (C=O) groups is 2. The zero-order valence-electron chi connectivity index (χ0n) is 11.8. The lowest BCUT2D eigenvalue weighted by Crippen LogP contribution is -2.38. The van der Waals surface area contributed by atoms with E-state index in [0.29, 0.717) is 25.9 Å². The topological polar surface area (TPSA) is 91.3 Å². The number of carboxylic acid groups (broad SMARTS) is 1. The molecule has 0 saturated carbocycles. The summed E-state index contributed by atoms with van der Waals surface area (Å²) in [6, 6.07) is -0.226. The second-order valence-corrected chi connectivity index (χ2v) is 5.72. The lowest BCUT2D eigenvalue weighted by molar-refractivity contribution is -0.141. The van der Waals surface area contributed by atoms with Crippen LogP contribution in [0.4, 0.5) is 4.79 Å². The number of nitrogens with zero attached hydrogens (tertiary/aromatic N) is 1. The summed E-state index contributed by atoms with van der Waals surface area (Å²) in [7, 11) is 0. The van der Waals surface area contributed by atoms with E-state index in [1.54, 1.807) is 24.5 Å². The van der Waals surface area contributed by atoms with Crippen LogP contribution in [0.15, 0.2) is 11.6 Å². The third-order valence-corrected chi connectivity index (χ3v) is 3.97. The van der Waals surface area contributed by atoms with E-state index in [1.165, 1.54) is 0 Å². The summed E-state index contributed by atoms with van der Waals surface area (Å²) in [5, 5.41) is 17.1. The molecule has 0 aliphatic carbocycles. The lowest BCUT2D eigenvalue weighted by atomic mass is 10.1. The Morgan fingerprint density at radius 2 is 2.15 bits per heavy atom. The van der Waals surface area contributed by atoms with Crippen molar-refractivity contribution >= 4 is 23.3 Å². The molecule has 0 radical (unpaired) electrons. The standard InChI is InChI=1S/C13H21N3O3S/c1-9(12(17)18)4-3-5-15-13(19)16-8-10(2)11-14-6-7-20-11/h6-7,9-10H,3-5,8H2,1-2H3,(H,17,18)(H2,15,16,19). The number of hydrogen-bond donors (Lipinski definition) is 3. The van der Waals surface area contributed by atoms with E-state index in [0.717, 1.165) is 5.01 Å². The van der Waals surface area contributed by atoms with E-state index in [4.69, 9.17) is 5.11 Å². The molecule has 2 amide bonds. The minimum Gasteiger partial charge on any atom is -0.481 e. The number of rotatable bonds is 8. The van der Waals surface area contributed by atoms with Crippen molar-refractivity contribution in [3.63, 3.8) is 0 Å². The summed E-state index contributed by atoms with van der Waals surface area (Å²) >= 11 is 1.57. The number of urea groups is 1. The van der Waals surface area contributed by atoms with Crippen LogP contribution in [0, 0.1) is 5.92 Å². The highest BCUT2D eigenvalue weighted by Crippen LogP contribution is 2.16. The predicted molar refractivity (Wildman–Crippen MR) is 78.0 cm³/mol. The van der Waals surface area contributed by atoms with Gasteiger partial charge in [-0.1, -0.05) is 13.8 Å². The number of nitrogens with one attached hydrogen (secondary N) is 2. The first-order valence-electron chi connectivity index (χ1n) is 6.64. The Labute approximate surface area is 122 Å². The van der Waals surface area contributed by atoms with Crippen molar-refractivity contribution in [2.24, 2.45) is 5.92 Å². The van der Waals surface area contributed by atoms with Gasteiger partial charge < -0.3 is 15.7 Å². The predicted octanol–water partition coefficient (Wildman–Crippen LogP) is 2.05. The quantitative estimate of drug-likeness (QED) is 0.641. The Balaban J connectivity index is 2.10. The maximum Gasteiger partial charge on any atom is 0.314 e. The fraction of sp³-hybridized carbons (Fsp3) is 0.615. The van der Waals surface area contributed by atoms with Crippen LogP contribution in [0.3, 0.4) is 0 Å². The molecule has 112 valence electrons. The number of aromatic nitrogens is 1. The Hall–Kier alpha value is -1.63. The van der Waals surface area contributed by atoms with Crippen molar-refractivity contribution in [1.82, 2.24) is 15.6 Å². The normalized spacial score (nSPS) is 13.5. The number of aliphatic carboxylic acids is 1. The molecular weight excluding hydrogens is 278 g/mol. The molecule has 0 spiro atoms. The maximum atomic E-state index is 11.5. The van der Waals surface area contributed by atoms with Gasteiger partial charge in [0.25, 0.3) is 0 Å². The molecule has 0 fully saturated rings. The zero-order chi connectivity index (χ0) is 15.0. The number of thiazole rings is 1. The highest BCUT2D eigenvalue weighted by Gasteiger charge is 2.11. The van der Waals surface area contributed by atoms with Gasteiger partial charge in [-0.25, -0.2) is 9.78 Å². The van der Waals surface area contributed by atoms with Gasteiger partial charge in [0, 0.05) is 30.6 Å². The summed E-state index contributed by atoms with van der Waals surface area (Å²) < 4.78 is 0. The molecular formula is C13H21N3O3S. The van der Waals surface area contributed by atoms with Crippen LogP contribution in [0.2, 0.25) is 0 Å². The second-order valence-electron chi connectivity index (χ2n) is 4.79. The highest BCUT2D eigenvalue weighted by atomic mass is 32.1. The van der Waals surface area contributed by atoms with E-state index in [1.807, 2.05) is 12.3 Å². The van der Waals surface area contributed by atoms with Crippen molar-refractivity contribution in [1.29, 1.82) is 0 Å². The number of amides is 2. The Morgan fingerprint density at radius 1 is 1.40 bits per heavy atom. The van der Waals surface area contributed by atoms with Gasteiger partial charge in [-0.3, -0.25) is 4.79 Å². The van der Waals surface area contributed by atoms with Crippen LogP contribution in [0.5, 0.6) is 0 Å². The third-order valence-electron chi connectivity index (χ3n) is 2.96. The van der Waals surface area contributed by atoms with Crippen molar-refractivity contribution in [2.45, 2.75) is 32.6 Å². The van der Waals surface area contributed by atoms with Gasteiger partial charge in [-0.2, -0.15) is 0 Å². The van der Waals surface area contributed by atoms with Gasteiger partial charge in [0.15, 0.2) is 0 Å². The van der Waals surface area contributed by atoms with Crippen molar-refractivity contribution in [3.8, 4) is 0 Å². The SMILES string of the molecule is CC(CCCNC(=O)NCC(C)c1nccs1)C(=O)O. The molecule has 20 heavy (non-hydrogen) atoms. The molecule has 1 rings (SSSR count). The van der Waals surface area contributed by atoms with Crippen LogP contribution >= 0.6 is 11.3 Å². The number of hydrogen-bond acceptors (Lipinski definition) is 4. The molecule has 0 bridgehead atoms. The minimum atomic E-state index is -0.799.